The Bertz CT molecular complexity index is 2590. The second kappa shape index (κ2) is 9.82. The minimum Gasteiger partial charge on any atom is -0.278 e. The van der Waals surface area contributed by atoms with E-state index in [1.165, 1.54) is 27.8 Å². The van der Waals surface area contributed by atoms with Crippen LogP contribution in [-0.4, -0.2) is 14.0 Å². The van der Waals surface area contributed by atoms with Crippen molar-refractivity contribution in [2.75, 3.05) is 0 Å². The van der Waals surface area contributed by atoms with Crippen LogP contribution in [0.15, 0.2) is 133 Å². The zero-order valence-electron chi connectivity index (χ0n) is 29.0. The van der Waals surface area contributed by atoms with Crippen LogP contribution in [0.5, 0.6) is 0 Å². The zero-order chi connectivity index (χ0) is 33.5. The molecule has 3 heteroatoms. The molecular weight excluding hydrogens is 534 g/mol. The van der Waals surface area contributed by atoms with E-state index in [0.29, 0.717) is 16.9 Å². The van der Waals surface area contributed by atoms with Gasteiger partial charge in [-0.05, 0) is 93.2 Å². The second-order valence-electron chi connectivity index (χ2n) is 11.3. The smallest absolute Gasteiger partial charge is 0.220 e. The fourth-order valence-corrected chi connectivity index (χ4v) is 7.06. The Morgan fingerprint density at radius 2 is 1.11 bits per heavy atom. The number of para-hydroxylation sites is 3. The number of nitrogens with zero attached hydrogens (tertiary/aromatic N) is 3. The predicted molar refractivity (Wildman–Crippen MR) is 183 cm³/mol. The van der Waals surface area contributed by atoms with Crippen LogP contribution < -0.4 is 0 Å². The molecule has 1 aliphatic carbocycles. The minimum atomic E-state index is -2.37. The lowest BCUT2D eigenvalue weighted by Crippen LogP contribution is -2.00. The molecule has 1 aliphatic rings. The molecule has 0 unspecified atom stereocenters. The Kier molecular flexibility index (Phi) is 4.57. The summed E-state index contributed by atoms with van der Waals surface area (Å²) >= 11 is 0. The number of aromatic nitrogens is 3. The van der Waals surface area contributed by atoms with Crippen molar-refractivity contribution in [3.05, 3.63) is 139 Å². The van der Waals surface area contributed by atoms with Gasteiger partial charge in [0.1, 0.15) is 0 Å². The van der Waals surface area contributed by atoms with Crippen molar-refractivity contribution in [3.8, 4) is 50.2 Å². The fourth-order valence-electron chi connectivity index (χ4n) is 7.06. The van der Waals surface area contributed by atoms with Crippen molar-refractivity contribution in [2.45, 2.75) is 26.1 Å². The van der Waals surface area contributed by atoms with Crippen LogP contribution in [0.1, 0.15) is 32.1 Å². The fraction of sp³-hybridized carbons (Fsp3) is 0.0976. The Balaban J connectivity index is 1.30. The molecular formula is C41H31N3. The summed E-state index contributed by atoms with van der Waals surface area (Å²) in [6, 6.07) is 46.5. The molecule has 8 aromatic rings. The number of fused-ring (bicyclic) bond motifs is 13. The van der Waals surface area contributed by atoms with E-state index in [0.717, 1.165) is 38.9 Å². The maximum atomic E-state index is 8.55. The molecule has 0 saturated heterocycles. The second-order valence-corrected chi connectivity index (χ2v) is 11.3. The van der Waals surface area contributed by atoms with Crippen molar-refractivity contribution in [1.82, 2.24) is 14.0 Å². The third-order valence-electron chi connectivity index (χ3n) is 8.96. The van der Waals surface area contributed by atoms with Gasteiger partial charge in [0, 0.05) is 12.5 Å². The summed E-state index contributed by atoms with van der Waals surface area (Å²) in [5, 5.41) is 0. The molecule has 2 heterocycles. The summed E-state index contributed by atoms with van der Waals surface area (Å²) in [4.78, 5) is 5.18. The van der Waals surface area contributed by atoms with E-state index in [1.54, 1.807) is 0 Å². The van der Waals surface area contributed by atoms with Crippen LogP contribution in [0, 0.1) is 0 Å². The first kappa shape index (κ1) is 20.5. The molecule has 0 N–H and O–H groups in total. The molecule has 0 atom stereocenters. The molecule has 2 aromatic heterocycles. The van der Waals surface area contributed by atoms with Gasteiger partial charge in [0.05, 0.1) is 22.1 Å². The van der Waals surface area contributed by atoms with E-state index in [1.807, 2.05) is 30.3 Å². The lowest BCUT2D eigenvalue weighted by molar-refractivity contribution is 0.798. The number of imidazole rings is 2. The summed E-state index contributed by atoms with van der Waals surface area (Å²) in [6.45, 7) is -2.37. The summed E-state index contributed by atoms with van der Waals surface area (Å²) < 4.78 is 44.4. The lowest BCUT2D eigenvalue weighted by atomic mass is 9.81. The lowest BCUT2D eigenvalue weighted by Gasteiger charge is -2.23. The molecule has 0 radical (unpaired) electrons. The third-order valence-corrected chi connectivity index (χ3v) is 8.96. The molecule has 3 nitrogen and oxygen atoms in total. The molecule has 0 spiro atoms. The minimum absolute atomic E-state index is 0.0443. The number of benzene rings is 6. The summed E-state index contributed by atoms with van der Waals surface area (Å²) in [6.07, 6.45) is -2.48. The van der Waals surface area contributed by atoms with E-state index >= 15 is 0 Å². The first-order valence-corrected chi connectivity index (χ1v) is 15.0. The van der Waals surface area contributed by atoms with Gasteiger partial charge in [-0.15, -0.1) is 0 Å². The molecule has 9 rings (SSSR count). The topological polar surface area (TPSA) is 22.2 Å². The van der Waals surface area contributed by atoms with E-state index in [4.69, 9.17) is 11.8 Å². The molecule has 0 amide bonds. The first-order chi connectivity index (χ1) is 23.7. The monoisotopic (exact) mass is 570 g/mol. The van der Waals surface area contributed by atoms with E-state index in [2.05, 4.69) is 112 Å². The van der Waals surface area contributed by atoms with Crippen molar-refractivity contribution in [3.63, 3.8) is 0 Å². The van der Waals surface area contributed by atoms with Gasteiger partial charge >= 0.3 is 0 Å². The third kappa shape index (κ3) is 3.59. The molecule has 0 fully saturated rings. The molecule has 0 aliphatic heterocycles. The average molecular weight is 571 g/mol. The largest absolute Gasteiger partial charge is 0.278 e. The van der Waals surface area contributed by atoms with Crippen molar-refractivity contribution in [1.29, 1.82) is 0 Å². The van der Waals surface area contributed by atoms with Gasteiger partial charge in [0.15, 0.2) is 0 Å². The number of hydrogen-bond acceptors (Lipinski definition) is 1. The maximum absolute atomic E-state index is 8.55. The highest BCUT2D eigenvalue weighted by molar-refractivity contribution is 6.03. The standard InChI is InChI=1S/C41H31N3/c1-2-3-13-27-14-12-23-39-40(27)42-41-43(37-21-10-11-22-38(37)44(39)41)28-24-25-35-33-19-7-6-17-31(33)29-15-4-5-16-30(29)32-18-8-9-20-34(32)36(35)26-28/h4-12,14-26H,2-3,13H2,1H3/i1D3,3D2. The van der Waals surface area contributed by atoms with Crippen LogP contribution in [0.2, 0.25) is 0 Å². The molecule has 210 valence electrons. The summed E-state index contributed by atoms with van der Waals surface area (Å²) in [5.41, 5.74) is 14.5. The summed E-state index contributed by atoms with van der Waals surface area (Å²) in [7, 11) is 0. The van der Waals surface area contributed by atoms with Crippen molar-refractivity contribution >= 4 is 27.8 Å². The van der Waals surface area contributed by atoms with Gasteiger partial charge < -0.3 is 0 Å². The van der Waals surface area contributed by atoms with Gasteiger partial charge in [-0.1, -0.05) is 116 Å². The van der Waals surface area contributed by atoms with Crippen LogP contribution in [0.3, 0.4) is 0 Å². The first-order valence-electron chi connectivity index (χ1n) is 17.5. The van der Waals surface area contributed by atoms with Gasteiger partial charge in [0.25, 0.3) is 0 Å². The Morgan fingerprint density at radius 3 is 1.75 bits per heavy atom. The summed E-state index contributed by atoms with van der Waals surface area (Å²) in [5.74, 6) is 0.713. The van der Waals surface area contributed by atoms with Gasteiger partial charge in [0.2, 0.25) is 5.78 Å². The predicted octanol–water partition coefficient (Wildman–Crippen LogP) is 10.8. The molecule has 44 heavy (non-hydrogen) atoms. The average Bonchev–Trinajstić information content (AvgIpc) is 3.62. The highest BCUT2D eigenvalue weighted by atomic mass is 15.2. The molecule has 0 saturated carbocycles. The Hall–Kier alpha value is -5.41. The molecule has 0 bridgehead atoms. The molecule has 6 aromatic carbocycles. The van der Waals surface area contributed by atoms with E-state index in [9.17, 15) is 0 Å². The zero-order valence-corrected chi connectivity index (χ0v) is 24.0. The van der Waals surface area contributed by atoms with Crippen LogP contribution >= 0.6 is 0 Å². The number of rotatable bonds is 4. The number of hydrogen-bond donors (Lipinski definition) is 0. The SMILES string of the molecule is [2H]C([2H])([2H])CC([2H])([2H])Cc1cccc2c1nc1n(-c3ccc4c(c3)-c3ccccc3-c3ccccc3-c3ccccc3-4)c3ccccc3n21. The number of aryl methyl sites for hydroxylation is 1. The van der Waals surface area contributed by atoms with E-state index in [-0.39, 0.29) is 6.42 Å². The van der Waals surface area contributed by atoms with Gasteiger partial charge in [-0.2, -0.15) is 0 Å². The normalized spacial score (nSPS) is 14.3. The van der Waals surface area contributed by atoms with Crippen molar-refractivity contribution in [2.24, 2.45) is 0 Å². The maximum Gasteiger partial charge on any atom is 0.220 e. The van der Waals surface area contributed by atoms with E-state index < -0.39 is 19.6 Å². The quantitative estimate of drug-likeness (QED) is 0.206. The van der Waals surface area contributed by atoms with Gasteiger partial charge in [-0.3, -0.25) is 8.97 Å². The van der Waals surface area contributed by atoms with Crippen molar-refractivity contribution < 1.29 is 6.85 Å². The Labute approximate surface area is 263 Å². The van der Waals surface area contributed by atoms with Crippen LogP contribution in [0.25, 0.3) is 78.0 Å². The van der Waals surface area contributed by atoms with Crippen LogP contribution in [-0.2, 0) is 6.42 Å². The van der Waals surface area contributed by atoms with Crippen LogP contribution in [0.4, 0.5) is 0 Å². The Morgan fingerprint density at radius 1 is 0.568 bits per heavy atom. The highest BCUT2D eigenvalue weighted by Crippen LogP contribution is 2.48. The van der Waals surface area contributed by atoms with Gasteiger partial charge in [-0.25, -0.2) is 4.98 Å². The highest BCUT2D eigenvalue weighted by Gasteiger charge is 2.24.